The van der Waals surface area contributed by atoms with E-state index in [1.54, 1.807) is 0 Å². The Morgan fingerprint density at radius 3 is 2.60 bits per heavy atom. The van der Waals surface area contributed by atoms with E-state index >= 15 is 0 Å². The van der Waals surface area contributed by atoms with E-state index in [-0.39, 0.29) is 24.5 Å². The van der Waals surface area contributed by atoms with Crippen LogP contribution in [0.15, 0.2) is 35.3 Å². The van der Waals surface area contributed by atoms with Crippen LogP contribution < -0.4 is 15.5 Å². The minimum Gasteiger partial charge on any atom is -0.396 e. The zero-order valence-corrected chi connectivity index (χ0v) is 18.0. The van der Waals surface area contributed by atoms with Gasteiger partial charge in [0.25, 0.3) is 0 Å². The molecule has 1 atom stereocenters. The largest absolute Gasteiger partial charge is 0.396 e. The molecule has 2 fully saturated rings. The summed E-state index contributed by atoms with van der Waals surface area (Å²) in [5.74, 6) is 0.687. The highest BCUT2D eigenvalue weighted by Crippen LogP contribution is 2.31. The molecule has 0 spiro atoms. The topological polar surface area (TPSA) is 89.4 Å². The number of ether oxygens (including phenoxy) is 1. The molecule has 3 rings (SSSR count). The first kappa shape index (κ1) is 22.4. The lowest BCUT2D eigenvalue weighted by Gasteiger charge is -2.36. The summed E-state index contributed by atoms with van der Waals surface area (Å²) < 4.78 is 5.55. The first-order valence-electron chi connectivity index (χ1n) is 10.9. The average Bonchev–Trinajstić information content (AvgIpc) is 3.25. The van der Waals surface area contributed by atoms with Crippen LogP contribution in [0, 0.1) is 5.41 Å². The van der Waals surface area contributed by atoms with Crippen molar-refractivity contribution in [2.75, 3.05) is 70.5 Å². The highest BCUT2D eigenvalue weighted by atomic mass is 16.5. The number of hydrogen-bond acceptors (Lipinski definition) is 5. The number of nitrogens with zero attached hydrogens (tertiary/aromatic N) is 3. The van der Waals surface area contributed by atoms with Gasteiger partial charge in [-0.25, -0.2) is 4.99 Å². The van der Waals surface area contributed by atoms with Crippen molar-refractivity contribution in [1.29, 1.82) is 0 Å². The van der Waals surface area contributed by atoms with E-state index in [1.807, 2.05) is 30.0 Å². The predicted molar refractivity (Wildman–Crippen MR) is 119 cm³/mol. The number of aliphatic hydroxyl groups excluding tert-OH is 1. The van der Waals surface area contributed by atoms with Crippen LogP contribution in [0.3, 0.4) is 0 Å². The van der Waals surface area contributed by atoms with E-state index in [0.717, 1.165) is 32.7 Å². The number of hydrogen-bond donors (Lipinski definition) is 3. The van der Waals surface area contributed by atoms with Gasteiger partial charge in [0.15, 0.2) is 5.96 Å². The molecule has 2 heterocycles. The van der Waals surface area contributed by atoms with Gasteiger partial charge < -0.3 is 30.3 Å². The molecule has 0 radical (unpaired) electrons. The summed E-state index contributed by atoms with van der Waals surface area (Å²) in [7, 11) is 0. The normalized spacial score (nSPS) is 22.3. The molecule has 2 saturated heterocycles. The van der Waals surface area contributed by atoms with Crippen LogP contribution in [0.5, 0.6) is 0 Å². The number of benzene rings is 1. The van der Waals surface area contributed by atoms with Crippen molar-refractivity contribution in [3.63, 3.8) is 0 Å². The molecule has 2 aliphatic heterocycles. The number of rotatable bonds is 8. The number of amides is 1. The fourth-order valence-corrected chi connectivity index (χ4v) is 4.02. The summed E-state index contributed by atoms with van der Waals surface area (Å²) in [4.78, 5) is 21.4. The van der Waals surface area contributed by atoms with Gasteiger partial charge in [-0.2, -0.15) is 0 Å². The molecule has 1 aromatic carbocycles. The Bertz CT molecular complexity index is 683. The molecule has 0 aliphatic carbocycles. The third-order valence-corrected chi connectivity index (χ3v) is 5.93. The summed E-state index contributed by atoms with van der Waals surface area (Å²) in [5.41, 5.74) is 1.14. The maximum atomic E-state index is 12.7. The van der Waals surface area contributed by atoms with E-state index in [4.69, 9.17) is 4.74 Å². The van der Waals surface area contributed by atoms with E-state index in [2.05, 4.69) is 32.7 Å². The fraction of sp³-hybridized carbons (Fsp3) is 0.636. The molecular weight excluding hydrogens is 382 g/mol. The number of guanidine groups is 1. The van der Waals surface area contributed by atoms with Crippen molar-refractivity contribution < 1.29 is 14.6 Å². The van der Waals surface area contributed by atoms with Crippen molar-refractivity contribution in [1.82, 2.24) is 15.5 Å². The Kier molecular flexibility index (Phi) is 8.33. The smallest absolute Gasteiger partial charge is 0.244 e. The summed E-state index contributed by atoms with van der Waals surface area (Å²) in [5, 5.41) is 15.9. The van der Waals surface area contributed by atoms with Gasteiger partial charge in [0.1, 0.15) is 6.54 Å². The zero-order chi connectivity index (χ0) is 21.2. The van der Waals surface area contributed by atoms with Crippen LogP contribution in [0.2, 0.25) is 0 Å². The van der Waals surface area contributed by atoms with Gasteiger partial charge in [0.2, 0.25) is 5.91 Å². The Morgan fingerprint density at radius 2 is 1.97 bits per heavy atom. The van der Waals surface area contributed by atoms with Crippen LogP contribution >= 0.6 is 0 Å². The Hall–Kier alpha value is -2.32. The number of nitrogens with one attached hydrogen (secondary N) is 2. The first-order chi connectivity index (χ1) is 14.7. The van der Waals surface area contributed by atoms with Gasteiger partial charge >= 0.3 is 0 Å². The van der Waals surface area contributed by atoms with Crippen LogP contribution in [0.25, 0.3) is 0 Å². The second-order valence-electron chi connectivity index (χ2n) is 8.03. The number of aliphatic imine (C=N–C) groups is 1. The Morgan fingerprint density at radius 1 is 1.20 bits per heavy atom. The Balaban J connectivity index is 1.49. The summed E-state index contributed by atoms with van der Waals surface area (Å²) in [6.45, 7) is 8.13. The minimum absolute atomic E-state index is 0.0502. The van der Waals surface area contributed by atoms with E-state index in [0.29, 0.717) is 38.6 Å². The van der Waals surface area contributed by atoms with E-state index in [9.17, 15) is 9.90 Å². The molecule has 0 aromatic heterocycles. The molecule has 8 nitrogen and oxygen atoms in total. The van der Waals surface area contributed by atoms with Crippen LogP contribution in [-0.4, -0.2) is 87.5 Å². The van der Waals surface area contributed by atoms with Gasteiger partial charge in [-0.05, 0) is 31.9 Å². The standard InChI is InChI=1S/C22H35N5O3/c1-2-23-21(25-17-22(8-14-28)9-15-30-18-22)24-16-20(29)27-12-10-26(11-13-27)19-6-4-3-5-7-19/h3-7,28H,2,8-18H2,1H3,(H2,23,24,25). The predicted octanol–water partition coefficient (Wildman–Crippen LogP) is 0.679. The van der Waals surface area contributed by atoms with Crippen LogP contribution in [-0.2, 0) is 9.53 Å². The van der Waals surface area contributed by atoms with Crippen molar-refractivity contribution in [2.45, 2.75) is 19.8 Å². The Labute approximate surface area is 179 Å². The molecule has 2 aliphatic rings. The van der Waals surface area contributed by atoms with Crippen LogP contribution in [0.1, 0.15) is 19.8 Å². The SMILES string of the molecule is CCNC(=NCC(=O)N1CCN(c2ccccc2)CC1)NCC1(CCO)CCOC1. The monoisotopic (exact) mass is 417 g/mol. The van der Waals surface area contributed by atoms with Gasteiger partial charge in [0, 0.05) is 63.6 Å². The zero-order valence-electron chi connectivity index (χ0n) is 18.0. The molecule has 8 heteroatoms. The number of anilines is 1. The molecule has 0 bridgehead atoms. The van der Waals surface area contributed by atoms with Crippen molar-refractivity contribution in [3.05, 3.63) is 30.3 Å². The number of carbonyl (C=O) groups is 1. The van der Waals surface area contributed by atoms with Crippen LogP contribution in [0.4, 0.5) is 5.69 Å². The van der Waals surface area contributed by atoms with Crippen molar-refractivity contribution in [2.24, 2.45) is 10.4 Å². The average molecular weight is 418 g/mol. The highest BCUT2D eigenvalue weighted by molar-refractivity contribution is 5.85. The molecular formula is C22H35N5O3. The maximum absolute atomic E-state index is 12.7. The van der Waals surface area contributed by atoms with E-state index < -0.39 is 0 Å². The quantitative estimate of drug-likeness (QED) is 0.426. The highest BCUT2D eigenvalue weighted by Gasteiger charge is 2.34. The van der Waals surface area contributed by atoms with Crippen molar-refractivity contribution >= 4 is 17.6 Å². The molecule has 1 amide bonds. The van der Waals surface area contributed by atoms with E-state index in [1.165, 1.54) is 5.69 Å². The summed E-state index contributed by atoms with van der Waals surface area (Å²) in [6.07, 6.45) is 1.62. The van der Waals surface area contributed by atoms with Gasteiger partial charge in [0.05, 0.1) is 6.61 Å². The lowest BCUT2D eigenvalue weighted by molar-refractivity contribution is -0.129. The number of carbonyl (C=O) groups excluding carboxylic acids is 1. The van der Waals surface area contributed by atoms with Gasteiger partial charge in [-0.3, -0.25) is 4.79 Å². The fourth-order valence-electron chi connectivity index (χ4n) is 4.02. The number of piperazine rings is 1. The van der Waals surface area contributed by atoms with Gasteiger partial charge in [-0.15, -0.1) is 0 Å². The summed E-state index contributed by atoms with van der Waals surface area (Å²) in [6, 6.07) is 10.3. The third-order valence-electron chi connectivity index (χ3n) is 5.93. The molecule has 3 N–H and O–H groups in total. The lowest BCUT2D eigenvalue weighted by atomic mass is 9.84. The maximum Gasteiger partial charge on any atom is 0.244 e. The number of para-hydroxylation sites is 1. The molecule has 166 valence electrons. The van der Waals surface area contributed by atoms with Crippen molar-refractivity contribution in [3.8, 4) is 0 Å². The summed E-state index contributed by atoms with van der Waals surface area (Å²) >= 11 is 0. The number of aliphatic hydroxyl groups is 1. The third kappa shape index (κ3) is 6.09. The minimum atomic E-state index is -0.0667. The lowest BCUT2D eigenvalue weighted by Crippen LogP contribution is -2.50. The molecule has 0 saturated carbocycles. The molecule has 1 aromatic rings. The second-order valence-corrected chi connectivity index (χ2v) is 8.03. The molecule has 1 unspecified atom stereocenters. The second kappa shape index (κ2) is 11.2. The molecule has 30 heavy (non-hydrogen) atoms. The first-order valence-corrected chi connectivity index (χ1v) is 10.9. The van der Waals surface area contributed by atoms with Gasteiger partial charge in [-0.1, -0.05) is 18.2 Å².